The van der Waals surface area contributed by atoms with Crippen LogP contribution in [0.2, 0.25) is 0 Å². The summed E-state index contributed by atoms with van der Waals surface area (Å²) < 4.78 is 0. The summed E-state index contributed by atoms with van der Waals surface area (Å²) >= 11 is 0. The Balaban J connectivity index is 2.07. The number of aromatic nitrogens is 2. The summed E-state index contributed by atoms with van der Waals surface area (Å²) in [5.74, 6) is 3.38. The smallest absolute Gasteiger partial charge is 0.134 e. The maximum Gasteiger partial charge on any atom is 0.134 e. The molecule has 0 radical (unpaired) electrons. The molecule has 1 aliphatic carbocycles. The predicted octanol–water partition coefficient (Wildman–Crippen LogP) is 4.15. The molecule has 1 heterocycles. The van der Waals surface area contributed by atoms with Crippen molar-refractivity contribution >= 4 is 5.82 Å². The van der Waals surface area contributed by atoms with Crippen molar-refractivity contribution < 1.29 is 0 Å². The fraction of sp³-hybridized carbons (Fsp3) is 0.750. The summed E-state index contributed by atoms with van der Waals surface area (Å²) in [6.45, 7) is 9.13. The van der Waals surface area contributed by atoms with Crippen LogP contribution in [0.1, 0.15) is 63.9 Å². The Morgan fingerprint density at radius 2 is 1.74 bits per heavy atom. The second-order valence-corrected chi connectivity index (χ2v) is 6.92. The van der Waals surface area contributed by atoms with Crippen molar-refractivity contribution in [2.24, 2.45) is 11.3 Å². The average Bonchev–Trinajstić information content (AvgIpc) is 2.37. The monoisotopic (exact) mass is 261 g/mol. The fourth-order valence-electron chi connectivity index (χ4n) is 3.12. The first-order valence-corrected chi connectivity index (χ1v) is 7.43. The number of hydrogen-bond acceptors (Lipinski definition) is 3. The minimum atomic E-state index is 0.439. The highest BCUT2D eigenvalue weighted by molar-refractivity contribution is 5.35. The van der Waals surface area contributed by atoms with Crippen LogP contribution in [0.3, 0.4) is 0 Å². The molecule has 1 fully saturated rings. The van der Waals surface area contributed by atoms with Crippen LogP contribution in [0, 0.1) is 18.3 Å². The topological polar surface area (TPSA) is 37.8 Å². The maximum atomic E-state index is 4.64. The van der Waals surface area contributed by atoms with Gasteiger partial charge < -0.3 is 5.32 Å². The van der Waals surface area contributed by atoms with Gasteiger partial charge in [0.1, 0.15) is 11.6 Å². The van der Waals surface area contributed by atoms with Crippen molar-refractivity contribution in [1.29, 1.82) is 0 Å². The molecule has 1 N–H and O–H groups in total. The Hall–Kier alpha value is -1.12. The van der Waals surface area contributed by atoms with Gasteiger partial charge in [-0.1, -0.05) is 20.8 Å². The van der Waals surface area contributed by atoms with E-state index in [0.29, 0.717) is 11.3 Å². The number of nitrogens with zero attached hydrogens (tertiary/aromatic N) is 2. The van der Waals surface area contributed by atoms with Gasteiger partial charge in [-0.15, -0.1) is 0 Å². The fourth-order valence-corrected chi connectivity index (χ4v) is 3.12. The highest BCUT2D eigenvalue weighted by Gasteiger charge is 2.31. The first kappa shape index (κ1) is 14.3. The molecule has 19 heavy (non-hydrogen) atoms. The minimum absolute atomic E-state index is 0.439. The standard InChI is InChI=1S/C16H27N3/c1-11-10-14(17-5)19-15(18-11)12-6-8-13(9-7-12)16(2,3)4/h10,12-13H,6-9H2,1-5H3,(H,17,18,19). The number of anilines is 1. The van der Waals surface area contributed by atoms with Gasteiger partial charge in [0.25, 0.3) is 0 Å². The van der Waals surface area contributed by atoms with Crippen molar-refractivity contribution in [2.45, 2.75) is 59.3 Å². The Bertz CT molecular complexity index is 426. The van der Waals surface area contributed by atoms with E-state index in [4.69, 9.17) is 0 Å². The van der Waals surface area contributed by atoms with E-state index in [1.165, 1.54) is 25.7 Å². The van der Waals surface area contributed by atoms with Gasteiger partial charge in [-0.2, -0.15) is 0 Å². The molecule has 1 aliphatic rings. The molecule has 106 valence electrons. The lowest BCUT2D eigenvalue weighted by atomic mass is 9.69. The first-order valence-electron chi connectivity index (χ1n) is 7.43. The zero-order valence-corrected chi connectivity index (χ0v) is 13.0. The molecule has 0 aliphatic heterocycles. The summed E-state index contributed by atoms with van der Waals surface area (Å²) in [6, 6.07) is 2.00. The van der Waals surface area contributed by atoms with Crippen molar-refractivity contribution in [2.75, 3.05) is 12.4 Å². The summed E-state index contributed by atoms with van der Waals surface area (Å²) in [6.07, 6.45) is 5.07. The van der Waals surface area contributed by atoms with Gasteiger partial charge in [-0.3, -0.25) is 0 Å². The lowest BCUT2D eigenvalue weighted by Crippen LogP contribution is -2.26. The summed E-state index contributed by atoms with van der Waals surface area (Å²) in [7, 11) is 1.92. The van der Waals surface area contributed by atoms with Gasteiger partial charge in [-0.25, -0.2) is 9.97 Å². The zero-order chi connectivity index (χ0) is 14.0. The molecular formula is C16H27N3. The van der Waals surface area contributed by atoms with Gasteiger partial charge >= 0.3 is 0 Å². The molecule has 0 saturated heterocycles. The molecule has 1 saturated carbocycles. The SMILES string of the molecule is CNc1cc(C)nc(C2CCC(C(C)(C)C)CC2)n1. The van der Waals surface area contributed by atoms with E-state index in [1.807, 2.05) is 20.0 Å². The van der Waals surface area contributed by atoms with Crippen molar-refractivity contribution in [3.63, 3.8) is 0 Å². The van der Waals surface area contributed by atoms with Gasteiger partial charge in [0.15, 0.2) is 0 Å². The third-order valence-electron chi connectivity index (χ3n) is 4.44. The van der Waals surface area contributed by atoms with Crippen LogP contribution in [0.4, 0.5) is 5.82 Å². The van der Waals surface area contributed by atoms with Crippen LogP contribution in [0.25, 0.3) is 0 Å². The summed E-state index contributed by atoms with van der Waals surface area (Å²) in [5, 5.41) is 3.13. The van der Waals surface area contributed by atoms with Crippen LogP contribution < -0.4 is 5.32 Å². The molecule has 1 aromatic rings. The first-order chi connectivity index (χ1) is 8.90. The van der Waals surface area contributed by atoms with Crippen LogP contribution in [-0.2, 0) is 0 Å². The van der Waals surface area contributed by atoms with E-state index >= 15 is 0 Å². The molecule has 1 aromatic heterocycles. The van der Waals surface area contributed by atoms with E-state index in [0.717, 1.165) is 23.3 Å². The lowest BCUT2D eigenvalue weighted by molar-refractivity contribution is 0.167. The normalized spacial score (nSPS) is 24.3. The number of rotatable bonds is 2. The van der Waals surface area contributed by atoms with Gasteiger partial charge in [0, 0.05) is 24.7 Å². The summed E-state index contributed by atoms with van der Waals surface area (Å²) in [5.41, 5.74) is 1.50. The second kappa shape index (κ2) is 5.48. The average molecular weight is 261 g/mol. The lowest BCUT2D eigenvalue weighted by Gasteiger charge is -2.36. The van der Waals surface area contributed by atoms with Crippen molar-refractivity contribution in [3.8, 4) is 0 Å². The van der Waals surface area contributed by atoms with Crippen LogP contribution in [-0.4, -0.2) is 17.0 Å². The molecule has 0 spiro atoms. The van der Waals surface area contributed by atoms with Crippen LogP contribution in [0.5, 0.6) is 0 Å². The van der Waals surface area contributed by atoms with E-state index in [2.05, 4.69) is 36.1 Å². The van der Waals surface area contributed by atoms with Crippen LogP contribution >= 0.6 is 0 Å². The molecule has 0 atom stereocenters. The van der Waals surface area contributed by atoms with E-state index < -0.39 is 0 Å². The Morgan fingerprint density at radius 1 is 1.11 bits per heavy atom. The molecule has 2 rings (SSSR count). The Morgan fingerprint density at radius 3 is 2.26 bits per heavy atom. The zero-order valence-electron chi connectivity index (χ0n) is 13.0. The minimum Gasteiger partial charge on any atom is -0.373 e. The predicted molar refractivity (Wildman–Crippen MR) is 80.5 cm³/mol. The number of nitrogens with one attached hydrogen (secondary N) is 1. The molecule has 0 amide bonds. The van der Waals surface area contributed by atoms with Crippen molar-refractivity contribution in [1.82, 2.24) is 9.97 Å². The maximum absolute atomic E-state index is 4.64. The van der Waals surface area contributed by atoms with Gasteiger partial charge in [0.05, 0.1) is 0 Å². The number of hydrogen-bond donors (Lipinski definition) is 1. The van der Waals surface area contributed by atoms with E-state index in [-0.39, 0.29) is 0 Å². The molecule has 0 bridgehead atoms. The van der Waals surface area contributed by atoms with Gasteiger partial charge in [0.2, 0.25) is 0 Å². The third kappa shape index (κ3) is 3.46. The quantitative estimate of drug-likeness (QED) is 0.869. The molecule has 0 aromatic carbocycles. The highest BCUT2D eigenvalue weighted by Crippen LogP contribution is 2.42. The van der Waals surface area contributed by atoms with Crippen molar-refractivity contribution in [3.05, 3.63) is 17.6 Å². The Labute approximate surface area is 117 Å². The third-order valence-corrected chi connectivity index (χ3v) is 4.44. The van der Waals surface area contributed by atoms with E-state index in [1.54, 1.807) is 0 Å². The second-order valence-electron chi connectivity index (χ2n) is 6.92. The molecule has 3 nitrogen and oxygen atoms in total. The summed E-state index contributed by atoms with van der Waals surface area (Å²) in [4.78, 5) is 9.28. The molecular weight excluding hydrogens is 234 g/mol. The number of aryl methyl sites for hydroxylation is 1. The largest absolute Gasteiger partial charge is 0.373 e. The molecule has 0 unspecified atom stereocenters. The Kier molecular flexibility index (Phi) is 4.12. The molecule has 3 heteroatoms. The van der Waals surface area contributed by atoms with E-state index in [9.17, 15) is 0 Å². The highest BCUT2D eigenvalue weighted by atomic mass is 15.0. The van der Waals surface area contributed by atoms with Crippen LogP contribution in [0.15, 0.2) is 6.07 Å². The van der Waals surface area contributed by atoms with Gasteiger partial charge in [-0.05, 0) is 43.9 Å².